The number of hydrogen-bond acceptors (Lipinski definition) is 2. The summed E-state index contributed by atoms with van der Waals surface area (Å²) >= 11 is 0. The predicted octanol–water partition coefficient (Wildman–Crippen LogP) is 3.67. The Balaban J connectivity index is 2.43. The monoisotopic (exact) mass is 254 g/mol. The van der Waals surface area contributed by atoms with Crippen molar-refractivity contribution < 1.29 is 0 Å². The number of nitrogens with zero attached hydrogens (tertiary/aromatic N) is 1. The summed E-state index contributed by atoms with van der Waals surface area (Å²) in [5.74, 6) is 0. The second-order valence-electron chi connectivity index (χ2n) is 6.83. The largest absolute Gasteiger partial charge is 0.314 e. The Morgan fingerprint density at radius 2 is 1.78 bits per heavy atom. The standard InChI is InChI=1S/C16H34N2/c1-6-17-15(16(3,4)5)12-13-18(7-2)14-10-8-9-11-14/h14-15,17H,6-13H2,1-5H3. The van der Waals surface area contributed by atoms with E-state index in [2.05, 4.69) is 44.8 Å². The highest BCUT2D eigenvalue weighted by Gasteiger charge is 2.26. The molecule has 1 saturated carbocycles. The van der Waals surface area contributed by atoms with Gasteiger partial charge in [-0.3, -0.25) is 0 Å². The molecule has 1 aliphatic rings. The highest BCUT2D eigenvalue weighted by molar-refractivity contribution is 4.83. The van der Waals surface area contributed by atoms with E-state index in [-0.39, 0.29) is 0 Å². The van der Waals surface area contributed by atoms with Crippen LogP contribution in [0.2, 0.25) is 0 Å². The van der Waals surface area contributed by atoms with Crippen molar-refractivity contribution >= 4 is 0 Å². The minimum atomic E-state index is 0.366. The van der Waals surface area contributed by atoms with Crippen molar-refractivity contribution in [1.82, 2.24) is 10.2 Å². The fourth-order valence-electron chi connectivity index (χ4n) is 3.25. The quantitative estimate of drug-likeness (QED) is 0.746. The summed E-state index contributed by atoms with van der Waals surface area (Å²) in [6, 6.07) is 1.51. The SMILES string of the molecule is CCNC(CCN(CC)C1CCCC1)C(C)(C)C. The van der Waals surface area contributed by atoms with Gasteiger partial charge in [-0.15, -0.1) is 0 Å². The van der Waals surface area contributed by atoms with Crippen LogP contribution in [-0.4, -0.2) is 36.6 Å². The molecule has 0 aliphatic heterocycles. The number of nitrogens with one attached hydrogen (secondary N) is 1. The van der Waals surface area contributed by atoms with E-state index in [9.17, 15) is 0 Å². The molecule has 108 valence electrons. The van der Waals surface area contributed by atoms with Gasteiger partial charge in [-0.2, -0.15) is 0 Å². The average molecular weight is 254 g/mol. The van der Waals surface area contributed by atoms with E-state index < -0.39 is 0 Å². The van der Waals surface area contributed by atoms with Crippen molar-refractivity contribution in [2.24, 2.45) is 5.41 Å². The molecule has 1 fully saturated rings. The van der Waals surface area contributed by atoms with Gasteiger partial charge in [-0.25, -0.2) is 0 Å². The maximum Gasteiger partial charge on any atom is 0.0128 e. The van der Waals surface area contributed by atoms with Gasteiger partial charge in [0, 0.05) is 12.1 Å². The number of hydrogen-bond donors (Lipinski definition) is 1. The molecule has 0 aromatic carbocycles. The summed E-state index contributed by atoms with van der Waals surface area (Å²) in [5.41, 5.74) is 0.366. The second-order valence-corrected chi connectivity index (χ2v) is 6.83. The van der Waals surface area contributed by atoms with Crippen molar-refractivity contribution in [3.8, 4) is 0 Å². The van der Waals surface area contributed by atoms with E-state index in [1.165, 1.54) is 45.2 Å². The van der Waals surface area contributed by atoms with Crippen molar-refractivity contribution in [2.45, 2.75) is 78.8 Å². The molecule has 1 atom stereocenters. The van der Waals surface area contributed by atoms with Crippen LogP contribution in [0.4, 0.5) is 0 Å². The Morgan fingerprint density at radius 3 is 2.22 bits per heavy atom. The summed E-state index contributed by atoms with van der Waals surface area (Å²) in [6.07, 6.45) is 7.01. The first-order valence-corrected chi connectivity index (χ1v) is 7.96. The smallest absolute Gasteiger partial charge is 0.0128 e. The molecule has 1 unspecified atom stereocenters. The highest BCUT2D eigenvalue weighted by Crippen LogP contribution is 2.26. The molecule has 0 spiro atoms. The van der Waals surface area contributed by atoms with Gasteiger partial charge in [-0.05, 0) is 44.3 Å². The number of rotatable bonds is 7. The maximum atomic E-state index is 3.67. The van der Waals surface area contributed by atoms with Gasteiger partial charge >= 0.3 is 0 Å². The molecule has 2 heteroatoms. The van der Waals surface area contributed by atoms with Crippen LogP contribution in [-0.2, 0) is 0 Å². The lowest BCUT2D eigenvalue weighted by Gasteiger charge is -2.35. The molecule has 2 nitrogen and oxygen atoms in total. The highest BCUT2D eigenvalue weighted by atomic mass is 15.2. The minimum Gasteiger partial charge on any atom is -0.314 e. The van der Waals surface area contributed by atoms with Crippen LogP contribution < -0.4 is 5.32 Å². The zero-order valence-electron chi connectivity index (χ0n) is 13.3. The lowest BCUT2D eigenvalue weighted by Crippen LogP contribution is -2.44. The third-order valence-electron chi connectivity index (χ3n) is 4.45. The second kappa shape index (κ2) is 7.49. The summed E-state index contributed by atoms with van der Waals surface area (Å²) in [4.78, 5) is 2.71. The van der Waals surface area contributed by atoms with Crippen molar-refractivity contribution in [3.63, 3.8) is 0 Å². The third-order valence-corrected chi connectivity index (χ3v) is 4.45. The van der Waals surface area contributed by atoms with Gasteiger partial charge in [0.25, 0.3) is 0 Å². The van der Waals surface area contributed by atoms with Crippen LogP contribution in [0, 0.1) is 5.41 Å². The van der Waals surface area contributed by atoms with E-state index in [1.54, 1.807) is 0 Å². The van der Waals surface area contributed by atoms with Crippen molar-refractivity contribution in [3.05, 3.63) is 0 Å². The Morgan fingerprint density at radius 1 is 1.17 bits per heavy atom. The molecule has 18 heavy (non-hydrogen) atoms. The fourth-order valence-corrected chi connectivity index (χ4v) is 3.25. The van der Waals surface area contributed by atoms with E-state index in [1.807, 2.05) is 0 Å². The zero-order chi connectivity index (χ0) is 13.6. The Bertz CT molecular complexity index is 214. The van der Waals surface area contributed by atoms with Crippen molar-refractivity contribution in [1.29, 1.82) is 0 Å². The molecule has 0 aromatic heterocycles. The van der Waals surface area contributed by atoms with Crippen LogP contribution in [0.1, 0.15) is 66.7 Å². The normalized spacial score (nSPS) is 19.7. The fraction of sp³-hybridized carbons (Fsp3) is 1.00. The van der Waals surface area contributed by atoms with Gasteiger partial charge < -0.3 is 10.2 Å². The minimum absolute atomic E-state index is 0.366. The lowest BCUT2D eigenvalue weighted by atomic mass is 9.84. The summed E-state index contributed by atoms with van der Waals surface area (Å²) < 4.78 is 0. The molecule has 0 saturated heterocycles. The van der Waals surface area contributed by atoms with Crippen LogP contribution in [0.25, 0.3) is 0 Å². The Kier molecular flexibility index (Phi) is 6.65. The van der Waals surface area contributed by atoms with Gasteiger partial charge in [0.15, 0.2) is 0 Å². The molecule has 1 aliphatic carbocycles. The molecular weight excluding hydrogens is 220 g/mol. The zero-order valence-corrected chi connectivity index (χ0v) is 13.3. The average Bonchev–Trinajstić information content (AvgIpc) is 2.80. The van der Waals surface area contributed by atoms with Crippen molar-refractivity contribution in [2.75, 3.05) is 19.6 Å². The first kappa shape index (κ1) is 16.0. The summed E-state index contributed by atoms with van der Waals surface area (Å²) in [6.45, 7) is 15.1. The molecule has 1 rings (SSSR count). The van der Waals surface area contributed by atoms with Crippen LogP contribution in [0.15, 0.2) is 0 Å². The van der Waals surface area contributed by atoms with Gasteiger partial charge in [0.05, 0.1) is 0 Å². The molecule has 1 N–H and O–H groups in total. The maximum absolute atomic E-state index is 3.67. The van der Waals surface area contributed by atoms with E-state index in [0.29, 0.717) is 11.5 Å². The van der Waals surface area contributed by atoms with E-state index in [4.69, 9.17) is 0 Å². The Hall–Kier alpha value is -0.0800. The first-order chi connectivity index (χ1) is 8.49. The molecule has 0 heterocycles. The first-order valence-electron chi connectivity index (χ1n) is 7.96. The third kappa shape index (κ3) is 4.89. The summed E-state index contributed by atoms with van der Waals surface area (Å²) in [7, 11) is 0. The van der Waals surface area contributed by atoms with Gasteiger partial charge in [-0.1, -0.05) is 47.5 Å². The molecule has 0 radical (unpaired) electrons. The lowest BCUT2D eigenvalue weighted by molar-refractivity contribution is 0.171. The summed E-state index contributed by atoms with van der Waals surface area (Å²) in [5, 5.41) is 3.67. The molecule has 0 bridgehead atoms. The van der Waals surface area contributed by atoms with Gasteiger partial charge in [0.1, 0.15) is 0 Å². The van der Waals surface area contributed by atoms with Crippen LogP contribution >= 0.6 is 0 Å². The van der Waals surface area contributed by atoms with E-state index >= 15 is 0 Å². The Labute approximate surface area is 115 Å². The van der Waals surface area contributed by atoms with Crippen LogP contribution in [0.3, 0.4) is 0 Å². The molecular formula is C16H34N2. The van der Waals surface area contributed by atoms with Gasteiger partial charge in [0.2, 0.25) is 0 Å². The van der Waals surface area contributed by atoms with Crippen LogP contribution in [0.5, 0.6) is 0 Å². The molecule has 0 aromatic rings. The predicted molar refractivity (Wildman–Crippen MR) is 81.0 cm³/mol. The molecule has 0 amide bonds. The van der Waals surface area contributed by atoms with E-state index in [0.717, 1.165) is 12.6 Å². The topological polar surface area (TPSA) is 15.3 Å².